The average molecular weight is 405 g/mol. The first-order valence-electron chi connectivity index (χ1n) is 9.05. The molecule has 0 atom stereocenters. The summed E-state index contributed by atoms with van der Waals surface area (Å²) in [5.74, 6) is -0.638. The van der Waals surface area contributed by atoms with E-state index in [4.69, 9.17) is 0 Å². The highest BCUT2D eigenvalue weighted by molar-refractivity contribution is 6.34. The Labute approximate surface area is 168 Å². The molecule has 2 aliphatic heterocycles. The Kier molecular flexibility index (Phi) is 5.86. The van der Waals surface area contributed by atoms with Gasteiger partial charge in [0.05, 0.1) is 11.3 Å². The maximum atomic E-state index is 13.6. The minimum Gasteiger partial charge on any atom is -0.360 e. The van der Waals surface area contributed by atoms with Gasteiger partial charge in [-0.3, -0.25) is 9.59 Å². The Morgan fingerprint density at radius 2 is 2.04 bits per heavy atom. The number of H-pyrrole nitrogens is 1. The third-order valence-electron chi connectivity index (χ3n) is 5.20. The normalized spacial score (nSPS) is 17.8. The van der Waals surface area contributed by atoms with Crippen molar-refractivity contribution in [1.82, 2.24) is 10.3 Å². The summed E-state index contributed by atoms with van der Waals surface area (Å²) in [5.41, 5.74) is 3.76. The molecule has 0 unspecified atom stereocenters. The lowest BCUT2D eigenvalue weighted by Gasteiger charge is -2.21. The summed E-state index contributed by atoms with van der Waals surface area (Å²) < 4.78 is 13.6. The van der Waals surface area contributed by atoms with Crippen LogP contribution >= 0.6 is 12.4 Å². The first kappa shape index (κ1) is 20.1. The molecule has 1 aromatic carbocycles. The standard InChI is InChI=1S/C20H21FN4O2.ClH/c1-11-17(9-15-14-8-13(21)2-3-16(14)24-20(15)27)23-10-18(11)25-19(26)12-4-6-22-7-5-12;/h2-3,8-10,12,22-23H,4-7H2,1H3,(H,24,27)(H,25,26);1H/b15-9-;. The summed E-state index contributed by atoms with van der Waals surface area (Å²) in [6, 6.07) is 4.21. The molecule has 1 saturated heterocycles. The van der Waals surface area contributed by atoms with Crippen LogP contribution < -0.4 is 16.0 Å². The van der Waals surface area contributed by atoms with E-state index >= 15 is 0 Å². The maximum absolute atomic E-state index is 13.6. The smallest absolute Gasteiger partial charge is 0.256 e. The van der Waals surface area contributed by atoms with E-state index in [0.29, 0.717) is 28.2 Å². The number of rotatable bonds is 3. The fraction of sp³-hybridized carbons (Fsp3) is 0.300. The second-order valence-corrected chi connectivity index (χ2v) is 6.96. The molecule has 0 aliphatic carbocycles. The van der Waals surface area contributed by atoms with Crippen molar-refractivity contribution >= 4 is 47.2 Å². The molecule has 2 aliphatic rings. The lowest BCUT2D eigenvalue weighted by Crippen LogP contribution is -2.34. The van der Waals surface area contributed by atoms with Crippen LogP contribution in [-0.2, 0) is 9.59 Å². The predicted octanol–water partition coefficient (Wildman–Crippen LogP) is 3.31. The molecule has 1 fully saturated rings. The van der Waals surface area contributed by atoms with Crippen molar-refractivity contribution in [3.63, 3.8) is 0 Å². The van der Waals surface area contributed by atoms with E-state index in [1.54, 1.807) is 18.3 Å². The first-order valence-corrected chi connectivity index (χ1v) is 9.05. The van der Waals surface area contributed by atoms with Gasteiger partial charge in [0.2, 0.25) is 5.91 Å². The van der Waals surface area contributed by atoms with Gasteiger partial charge in [0, 0.05) is 29.1 Å². The minimum absolute atomic E-state index is 0. The lowest BCUT2D eigenvalue weighted by molar-refractivity contribution is -0.120. The molecule has 3 heterocycles. The quantitative estimate of drug-likeness (QED) is 0.592. The largest absolute Gasteiger partial charge is 0.360 e. The highest BCUT2D eigenvalue weighted by Gasteiger charge is 2.26. The fourth-order valence-corrected chi connectivity index (χ4v) is 3.56. The van der Waals surface area contributed by atoms with Gasteiger partial charge in [-0.2, -0.15) is 0 Å². The summed E-state index contributed by atoms with van der Waals surface area (Å²) >= 11 is 0. The number of aromatic amines is 1. The Morgan fingerprint density at radius 1 is 1.29 bits per heavy atom. The summed E-state index contributed by atoms with van der Waals surface area (Å²) in [7, 11) is 0. The van der Waals surface area contributed by atoms with Gasteiger partial charge in [-0.1, -0.05) is 0 Å². The van der Waals surface area contributed by atoms with E-state index in [1.165, 1.54) is 12.1 Å². The zero-order valence-electron chi connectivity index (χ0n) is 15.4. The van der Waals surface area contributed by atoms with Crippen molar-refractivity contribution in [2.45, 2.75) is 19.8 Å². The van der Waals surface area contributed by atoms with Gasteiger partial charge in [0.1, 0.15) is 5.82 Å². The number of carbonyl (C=O) groups is 2. The first-order chi connectivity index (χ1) is 13.0. The number of piperidine rings is 1. The molecule has 0 radical (unpaired) electrons. The molecule has 2 amide bonds. The number of amides is 2. The maximum Gasteiger partial charge on any atom is 0.256 e. The van der Waals surface area contributed by atoms with Crippen molar-refractivity contribution < 1.29 is 14.0 Å². The van der Waals surface area contributed by atoms with Crippen molar-refractivity contribution in [2.75, 3.05) is 23.7 Å². The Morgan fingerprint density at radius 3 is 2.79 bits per heavy atom. The van der Waals surface area contributed by atoms with Crippen LogP contribution in [0.3, 0.4) is 0 Å². The number of aromatic nitrogens is 1. The number of halogens is 2. The van der Waals surface area contributed by atoms with Gasteiger partial charge < -0.3 is 20.9 Å². The average Bonchev–Trinajstić information content (AvgIpc) is 3.16. The van der Waals surface area contributed by atoms with Crippen molar-refractivity contribution in [3.8, 4) is 0 Å². The van der Waals surface area contributed by atoms with Crippen LogP contribution in [0.5, 0.6) is 0 Å². The van der Waals surface area contributed by atoms with Gasteiger partial charge >= 0.3 is 0 Å². The zero-order valence-corrected chi connectivity index (χ0v) is 16.2. The third kappa shape index (κ3) is 3.81. The number of fused-ring (bicyclic) bond motifs is 1. The molecule has 0 bridgehead atoms. The topological polar surface area (TPSA) is 86.0 Å². The second kappa shape index (κ2) is 8.16. The van der Waals surface area contributed by atoms with E-state index in [0.717, 1.165) is 31.5 Å². The van der Waals surface area contributed by atoms with Crippen LogP contribution in [0.25, 0.3) is 11.6 Å². The van der Waals surface area contributed by atoms with Crippen LogP contribution in [-0.4, -0.2) is 29.9 Å². The summed E-state index contributed by atoms with van der Waals surface area (Å²) in [6.45, 7) is 3.58. The molecular weight excluding hydrogens is 383 g/mol. The van der Waals surface area contributed by atoms with Gasteiger partial charge in [0.25, 0.3) is 5.91 Å². The van der Waals surface area contributed by atoms with Crippen molar-refractivity contribution in [3.05, 3.63) is 47.0 Å². The summed E-state index contributed by atoms with van der Waals surface area (Å²) in [4.78, 5) is 27.8. The van der Waals surface area contributed by atoms with E-state index in [9.17, 15) is 14.0 Å². The molecular formula is C20H22ClFN4O2. The minimum atomic E-state index is -0.394. The highest BCUT2D eigenvalue weighted by Crippen LogP contribution is 2.34. The lowest BCUT2D eigenvalue weighted by atomic mass is 9.97. The molecule has 4 rings (SSSR count). The molecule has 0 saturated carbocycles. The molecule has 1 aromatic heterocycles. The number of anilines is 2. The van der Waals surface area contributed by atoms with Crippen LogP contribution in [0.2, 0.25) is 0 Å². The zero-order chi connectivity index (χ0) is 19.0. The van der Waals surface area contributed by atoms with Gasteiger partial charge in [-0.05, 0) is 62.7 Å². The van der Waals surface area contributed by atoms with Crippen molar-refractivity contribution in [2.24, 2.45) is 5.92 Å². The number of benzene rings is 1. The summed E-state index contributed by atoms with van der Waals surface area (Å²) in [5, 5.41) is 8.96. The molecule has 2 aromatic rings. The van der Waals surface area contributed by atoms with E-state index < -0.39 is 5.82 Å². The number of hydrogen-bond donors (Lipinski definition) is 4. The van der Waals surface area contributed by atoms with E-state index in [1.807, 2.05) is 6.92 Å². The molecule has 0 spiro atoms. The number of hydrogen-bond acceptors (Lipinski definition) is 3. The second-order valence-electron chi connectivity index (χ2n) is 6.96. The van der Waals surface area contributed by atoms with Gasteiger partial charge in [-0.15, -0.1) is 12.4 Å². The fourth-order valence-electron chi connectivity index (χ4n) is 3.56. The van der Waals surface area contributed by atoms with E-state index in [2.05, 4.69) is 20.9 Å². The molecule has 148 valence electrons. The Balaban J connectivity index is 0.00000225. The van der Waals surface area contributed by atoms with Gasteiger partial charge in [0.15, 0.2) is 0 Å². The Bertz CT molecular complexity index is 948. The van der Waals surface area contributed by atoms with Crippen LogP contribution in [0.15, 0.2) is 24.4 Å². The van der Waals surface area contributed by atoms with Crippen molar-refractivity contribution in [1.29, 1.82) is 0 Å². The molecule has 4 N–H and O–H groups in total. The van der Waals surface area contributed by atoms with Crippen LogP contribution in [0, 0.1) is 18.7 Å². The van der Waals surface area contributed by atoms with Crippen LogP contribution in [0.1, 0.15) is 29.7 Å². The third-order valence-corrected chi connectivity index (χ3v) is 5.20. The number of carbonyl (C=O) groups excluding carboxylic acids is 2. The molecule has 6 nitrogen and oxygen atoms in total. The van der Waals surface area contributed by atoms with Crippen LogP contribution in [0.4, 0.5) is 15.8 Å². The Hall–Kier alpha value is -2.64. The van der Waals surface area contributed by atoms with E-state index in [-0.39, 0.29) is 30.1 Å². The predicted molar refractivity (Wildman–Crippen MR) is 110 cm³/mol. The summed E-state index contributed by atoms with van der Waals surface area (Å²) in [6.07, 6.45) is 5.07. The monoisotopic (exact) mass is 404 g/mol. The molecule has 28 heavy (non-hydrogen) atoms. The van der Waals surface area contributed by atoms with Gasteiger partial charge in [-0.25, -0.2) is 4.39 Å². The SMILES string of the molecule is Cc1c(NC(=O)C2CCNCC2)c[nH]c1/C=C1\C(=O)Nc2ccc(F)cc21.Cl. The molecule has 8 heteroatoms. The number of nitrogens with one attached hydrogen (secondary N) is 4. The highest BCUT2D eigenvalue weighted by atomic mass is 35.5.